The molecule has 0 spiro atoms. The average Bonchev–Trinajstić information content (AvgIpc) is 2.69. The molecule has 1 N–H and O–H groups in total. The summed E-state index contributed by atoms with van der Waals surface area (Å²) in [6, 6.07) is 7.63. The van der Waals surface area contributed by atoms with E-state index in [1.54, 1.807) is 0 Å². The van der Waals surface area contributed by atoms with Crippen LogP contribution in [-0.2, 0) is 9.47 Å². The van der Waals surface area contributed by atoms with Crippen LogP contribution in [0.5, 0.6) is 0 Å². The lowest BCUT2D eigenvalue weighted by Crippen LogP contribution is -3.14. The Balaban J connectivity index is 1.90. The number of carbonyl (C=O) groups is 1. The van der Waals surface area contributed by atoms with Gasteiger partial charge in [0.25, 0.3) is 6.23 Å². The van der Waals surface area contributed by atoms with Crippen LogP contribution in [0.4, 0.5) is 0 Å². The molecule has 0 aliphatic carbocycles. The van der Waals surface area contributed by atoms with Crippen molar-refractivity contribution in [3.63, 3.8) is 0 Å². The minimum absolute atomic E-state index is 0.132. The number of quaternary nitrogens is 1. The molecule has 3 rings (SSSR count). The summed E-state index contributed by atoms with van der Waals surface area (Å²) in [6.45, 7) is 3.27. The van der Waals surface area contributed by atoms with Crippen molar-refractivity contribution in [2.24, 2.45) is 0 Å². The van der Waals surface area contributed by atoms with Crippen LogP contribution in [0.15, 0.2) is 24.3 Å². The molecule has 1 aromatic rings. The van der Waals surface area contributed by atoms with Gasteiger partial charge in [0, 0.05) is 0 Å². The van der Waals surface area contributed by atoms with E-state index in [0.717, 1.165) is 31.9 Å². The number of nitrogens with one attached hydrogen (secondary N) is 1. The summed E-state index contributed by atoms with van der Waals surface area (Å²) in [6.07, 6.45) is -0.132. The van der Waals surface area contributed by atoms with Gasteiger partial charge in [0.15, 0.2) is 0 Å². The number of morpholine rings is 1. The molecule has 1 aromatic carbocycles. The number of carbonyl (C=O) groups excluding carboxylic acids is 1. The predicted molar refractivity (Wildman–Crippen MR) is 56.1 cm³/mol. The third-order valence-electron chi connectivity index (χ3n) is 3.19. The van der Waals surface area contributed by atoms with Crippen LogP contribution in [0, 0.1) is 0 Å². The Morgan fingerprint density at radius 3 is 2.75 bits per heavy atom. The molecule has 2 aliphatic rings. The zero-order chi connectivity index (χ0) is 11.0. The second-order valence-electron chi connectivity index (χ2n) is 4.14. The van der Waals surface area contributed by atoms with Crippen molar-refractivity contribution in [1.29, 1.82) is 0 Å². The van der Waals surface area contributed by atoms with Crippen LogP contribution >= 0.6 is 0 Å². The first kappa shape index (κ1) is 9.81. The molecule has 1 saturated heterocycles. The second-order valence-corrected chi connectivity index (χ2v) is 4.14. The molecule has 0 unspecified atom stereocenters. The molecule has 4 nitrogen and oxygen atoms in total. The van der Waals surface area contributed by atoms with Gasteiger partial charge in [0.05, 0.1) is 24.3 Å². The van der Waals surface area contributed by atoms with Gasteiger partial charge in [-0.1, -0.05) is 12.1 Å². The monoisotopic (exact) mass is 220 g/mol. The summed E-state index contributed by atoms with van der Waals surface area (Å²) in [5.74, 6) is -0.195. The number of hydrogen-bond donors (Lipinski definition) is 1. The lowest BCUT2D eigenvalue weighted by molar-refractivity contribution is -0.958. The highest BCUT2D eigenvalue weighted by Crippen LogP contribution is 2.26. The zero-order valence-electron chi connectivity index (χ0n) is 8.94. The van der Waals surface area contributed by atoms with Gasteiger partial charge in [0.1, 0.15) is 13.1 Å². The minimum Gasteiger partial charge on any atom is -0.404 e. The molecule has 1 atom stereocenters. The number of ether oxygens (including phenoxy) is 2. The maximum atomic E-state index is 11.7. The summed E-state index contributed by atoms with van der Waals surface area (Å²) in [5, 5.41) is 0. The van der Waals surface area contributed by atoms with Crippen LogP contribution in [0.3, 0.4) is 0 Å². The van der Waals surface area contributed by atoms with Gasteiger partial charge in [-0.15, -0.1) is 0 Å². The molecular weight excluding hydrogens is 206 g/mol. The number of hydrogen-bond acceptors (Lipinski definition) is 3. The number of cyclic esters (lactones) is 1. The Labute approximate surface area is 93.8 Å². The highest BCUT2D eigenvalue weighted by Gasteiger charge is 2.38. The standard InChI is InChI=1S/C12H13NO3/c14-12-10-4-2-1-3-9(10)11(16-12)13-5-7-15-8-6-13/h1-4,11H,5-8H2/p+1/t11-/m0/s1. The normalized spacial score (nSPS) is 25.2. The number of esters is 1. The van der Waals surface area contributed by atoms with Crippen molar-refractivity contribution in [3.8, 4) is 0 Å². The summed E-state index contributed by atoms with van der Waals surface area (Å²) >= 11 is 0. The van der Waals surface area contributed by atoms with Gasteiger partial charge in [-0.3, -0.25) is 4.90 Å². The lowest BCUT2D eigenvalue weighted by Gasteiger charge is -2.27. The van der Waals surface area contributed by atoms with Gasteiger partial charge < -0.3 is 9.47 Å². The Kier molecular flexibility index (Phi) is 2.38. The van der Waals surface area contributed by atoms with E-state index in [4.69, 9.17) is 9.47 Å². The Hall–Kier alpha value is -1.39. The SMILES string of the molecule is O=C1O[C@H]([NH+]2CCOCC2)c2ccccc21. The predicted octanol–water partition coefficient (Wildman–Crippen LogP) is -0.229. The number of rotatable bonds is 1. The van der Waals surface area contributed by atoms with E-state index in [1.165, 1.54) is 4.90 Å². The van der Waals surface area contributed by atoms with Crippen molar-refractivity contribution in [1.82, 2.24) is 0 Å². The quantitative estimate of drug-likeness (QED) is 0.665. The molecule has 0 amide bonds. The molecule has 2 aliphatic heterocycles. The van der Waals surface area contributed by atoms with E-state index in [1.807, 2.05) is 24.3 Å². The Morgan fingerprint density at radius 1 is 1.19 bits per heavy atom. The van der Waals surface area contributed by atoms with E-state index in [-0.39, 0.29) is 12.2 Å². The molecule has 2 heterocycles. The van der Waals surface area contributed by atoms with Crippen molar-refractivity contribution in [2.45, 2.75) is 6.23 Å². The third-order valence-corrected chi connectivity index (χ3v) is 3.19. The van der Waals surface area contributed by atoms with E-state index in [2.05, 4.69) is 0 Å². The highest BCUT2D eigenvalue weighted by atomic mass is 16.6. The van der Waals surface area contributed by atoms with Gasteiger partial charge in [-0.2, -0.15) is 0 Å². The van der Waals surface area contributed by atoms with E-state index in [9.17, 15) is 4.79 Å². The smallest absolute Gasteiger partial charge is 0.343 e. The van der Waals surface area contributed by atoms with Gasteiger partial charge in [0.2, 0.25) is 0 Å². The molecule has 0 bridgehead atoms. The fraction of sp³-hybridized carbons (Fsp3) is 0.417. The van der Waals surface area contributed by atoms with Crippen molar-refractivity contribution in [3.05, 3.63) is 35.4 Å². The zero-order valence-corrected chi connectivity index (χ0v) is 8.94. The van der Waals surface area contributed by atoms with E-state index in [0.29, 0.717) is 5.56 Å². The first-order chi connectivity index (χ1) is 7.86. The van der Waals surface area contributed by atoms with Gasteiger partial charge in [-0.05, 0) is 12.1 Å². The van der Waals surface area contributed by atoms with Crippen LogP contribution in [-0.4, -0.2) is 32.3 Å². The summed E-state index contributed by atoms with van der Waals surface area (Å²) in [4.78, 5) is 12.9. The van der Waals surface area contributed by atoms with Crippen LogP contribution in [0.1, 0.15) is 22.1 Å². The summed E-state index contributed by atoms with van der Waals surface area (Å²) in [7, 11) is 0. The summed E-state index contributed by atoms with van der Waals surface area (Å²) in [5.41, 5.74) is 1.73. The first-order valence-corrected chi connectivity index (χ1v) is 5.58. The third kappa shape index (κ3) is 1.50. The fourth-order valence-electron chi connectivity index (χ4n) is 2.34. The van der Waals surface area contributed by atoms with E-state index < -0.39 is 0 Å². The highest BCUT2D eigenvalue weighted by molar-refractivity contribution is 5.93. The molecule has 0 aromatic heterocycles. The Morgan fingerprint density at radius 2 is 1.94 bits per heavy atom. The molecule has 4 heteroatoms. The molecule has 84 valence electrons. The molecule has 1 fully saturated rings. The first-order valence-electron chi connectivity index (χ1n) is 5.58. The molecule has 16 heavy (non-hydrogen) atoms. The van der Waals surface area contributed by atoms with Crippen molar-refractivity contribution in [2.75, 3.05) is 26.3 Å². The average molecular weight is 220 g/mol. The molecular formula is C12H14NO3+. The largest absolute Gasteiger partial charge is 0.404 e. The van der Waals surface area contributed by atoms with Crippen molar-refractivity contribution < 1.29 is 19.2 Å². The maximum Gasteiger partial charge on any atom is 0.343 e. The topological polar surface area (TPSA) is 40.0 Å². The Bertz CT molecular complexity index is 412. The second kappa shape index (κ2) is 3.88. The lowest BCUT2D eigenvalue weighted by atomic mass is 10.1. The molecule has 0 radical (unpaired) electrons. The minimum atomic E-state index is -0.195. The fourth-order valence-corrected chi connectivity index (χ4v) is 2.34. The molecule has 0 saturated carbocycles. The number of fused-ring (bicyclic) bond motifs is 1. The maximum absolute atomic E-state index is 11.7. The van der Waals surface area contributed by atoms with Crippen molar-refractivity contribution >= 4 is 5.97 Å². The van der Waals surface area contributed by atoms with E-state index >= 15 is 0 Å². The van der Waals surface area contributed by atoms with Gasteiger partial charge in [-0.25, -0.2) is 4.79 Å². The summed E-state index contributed by atoms with van der Waals surface area (Å²) < 4.78 is 10.8. The van der Waals surface area contributed by atoms with Gasteiger partial charge >= 0.3 is 5.97 Å². The van der Waals surface area contributed by atoms with Crippen LogP contribution < -0.4 is 4.90 Å². The number of benzene rings is 1. The van der Waals surface area contributed by atoms with Crippen LogP contribution in [0.2, 0.25) is 0 Å². The van der Waals surface area contributed by atoms with Crippen LogP contribution in [0.25, 0.3) is 0 Å².